The molecule has 0 spiro atoms. The Hall–Kier alpha value is -1.23. The van der Waals surface area contributed by atoms with Crippen LogP contribution < -0.4 is 4.65 Å². The predicted octanol–water partition coefficient (Wildman–Crippen LogP) is 0.169. The van der Waals surface area contributed by atoms with Crippen molar-refractivity contribution >= 4 is 7.69 Å². The predicted molar refractivity (Wildman–Crippen MR) is 38.1 cm³/mol. The summed E-state index contributed by atoms with van der Waals surface area (Å²) < 4.78 is 16.8. The second-order valence-corrected chi connectivity index (χ2v) is 1.89. The first-order valence-electron chi connectivity index (χ1n) is 2.96. The minimum Gasteiger partial charge on any atom is -0.536 e. The van der Waals surface area contributed by atoms with Crippen LogP contribution in [0.4, 0.5) is 4.39 Å². The Morgan fingerprint density at radius 2 is 2.18 bits per heavy atom. The number of benzene rings is 1. The van der Waals surface area contributed by atoms with Crippen molar-refractivity contribution in [1.82, 2.24) is 0 Å². The number of halogens is 1. The average molecular weight is 156 g/mol. The lowest BCUT2D eigenvalue weighted by molar-refractivity contribution is 0.407. The van der Waals surface area contributed by atoms with E-state index in [9.17, 15) is 4.39 Å². The highest BCUT2D eigenvalue weighted by Gasteiger charge is 2.02. The van der Waals surface area contributed by atoms with Gasteiger partial charge < -0.3 is 14.8 Å². The van der Waals surface area contributed by atoms with Gasteiger partial charge in [-0.3, -0.25) is 0 Å². The smallest absolute Gasteiger partial charge is 0.504 e. The fourth-order valence-electron chi connectivity index (χ4n) is 0.682. The summed E-state index contributed by atoms with van der Waals surface area (Å²) in [5.41, 5.74) is 0. The van der Waals surface area contributed by atoms with E-state index in [1.54, 1.807) is 0 Å². The second kappa shape index (κ2) is 3.25. The largest absolute Gasteiger partial charge is 0.536 e. The van der Waals surface area contributed by atoms with Crippen LogP contribution in [0.1, 0.15) is 0 Å². The molecule has 0 heterocycles. The Labute approximate surface area is 63.4 Å². The maximum absolute atomic E-state index is 12.3. The molecule has 0 aromatic heterocycles. The molecular weight excluding hydrogens is 150 g/mol. The lowest BCUT2D eigenvalue weighted by atomic mass is 10.3. The Morgan fingerprint density at radius 1 is 1.45 bits per heavy atom. The van der Waals surface area contributed by atoms with E-state index in [0.717, 1.165) is 12.1 Å². The number of rotatable bonds is 2. The lowest BCUT2D eigenvalue weighted by Gasteiger charge is -2.03. The zero-order valence-electron chi connectivity index (χ0n) is 5.62. The molecular formula is C6H6BFO3. The van der Waals surface area contributed by atoms with Gasteiger partial charge >= 0.3 is 7.69 Å². The number of aromatic hydroxyl groups is 1. The van der Waals surface area contributed by atoms with E-state index < -0.39 is 13.5 Å². The van der Waals surface area contributed by atoms with Crippen LogP contribution >= 0.6 is 0 Å². The molecule has 1 rings (SSSR count). The molecule has 0 saturated heterocycles. The first-order valence-corrected chi connectivity index (χ1v) is 2.96. The minimum absolute atomic E-state index is 0.0638. The maximum atomic E-state index is 12.3. The van der Waals surface area contributed by atoms with Gasteiger partial charge in [0.2, 0.25) is 0 Å². The standard InChI is InChI=1S/C6H6BFO3/c8-4-1-2-6(11-7-10)5(9)3-4/h1-3,7,9-10H. The Kier molecular flexibility index (Phi) is 2.33. The fourth-order valence-corrected chi connectivity index (χ4v) is 0.682. The van der Waals surface area contributed by atoms with Gasteiger partial charge in [0, 0.05) is 6.07 Å². The van der Waals surface area contributed by atoms with Gasteiger partial charge in [-0.15, -0.1) is 0 Å². The molecule has 0 aliphatic rings. The molecule has 0 fully saturated rings. The van der Waals surface area contributed by atoms with Crippen molar-refractivity contribution in [3.05, 3.63) is 24.0 Å². The van der Waals surface area contributed by atoms with E-state index in [0.29, 0.717) is 0 Å². The third-order valence-corrected chi connectivity index (χ3v) is 1.14. The second-order valence-electron chi connectivity index (χ2n) is 1.89. The van der Waals surface area contributed by atoms with Crippen LogP contribution in [-0.4, -0.2) is 17.8 Å². The molecule has 0 unspecified atom stereocenters. The summed E-state index contributed by atoms with van der Waals surface area (Å²) in [4.78, 5) is 0. The average Bonchev–Trinajstić information content (AvgIpc) is 1.95. The normalized spacial score (nSPS) is 9.27. The fraction of sp³-hybridized carbons (Fsp3) is 0. The van der Waals surface area contributed by atoms with Crippen molar-refractivity contribution in [3.63, 3.8) is 0 Å². The Morgan fingerprint density at radius 3 is 2.73 bits per heavy atom. The highest BCUT2D eigenvalue weighted by Crippen LogP contribution is 2.25. The van der Waals surface area contributed by atoms with Gasteiger partial charge in [0.05, 0.1) is 0 Å². The van der Waals surface area contributed by atoms with E-state index in [-0.39, 0.29) is 11.5 Å². The van der Waals surface area contributed by atoms with E-state index in [2.05, 4.69) is 4.65 Å². The maximum Gasteiger partial charge on any atom is 0.504 e. The Bertz CT molecular complexity index is 254. The molecule has 58 valence electrons. The summed E-state index contributed by atoms with van der Waals surface area (Å²) in [5.74, 6) is -0.805. The number of phenolic OH excluding ortho intramolecular Hbond substituents is 1. The summed E-state index contributed by atoms with van der Waals surface area (Å²) in [6.07, 6.45) is 0. The summed E-state index contributed by atoms with van der Waals surface area (Å²) in [5, 5.41) is 17.2. The molecule has 1 aromatic carbocycles. The summed E-state index contributed by atoms with van der Waals surface area (Å²) >= 11 is 0. The first-order chi connectivity index (χ1) is 5.24. The van der Waals surface area contributed by atoms with E-state index in [1.807, 2.05) is 0 Å². The van der Waals surface area contributed by atoms with Crippen molar-refractivity contribution in [2.24, 2.45) is 0 Å². The Balaban J connectivity index is 2.90. The van der Waals surface area contributed by atoms with Gasteiger partial charge in [0.25, 0.3) is 0 Å². The van der Waals surface area contributed by atoms with Gasteiger partial charge in [-0.1, -0.05) is 0 Å². The van der Waals surface area contributed by atoms with Crippen LogP contribution in [0.5, 0.6) is 11.5 Å². The number of phenols is 1. The zero-order valence-corrected chi connectivity index (χ0v) is 5.62. The lowest BCUT2D eigenvalue weighted by Crippen LogP contribution is -1.99. The van der Waals surface area contributed by atoms with Crippen molar-refractivity contribution in [1.29, 1.82) is 0 Å². The molecule has 0 aliphatic carbocycles. The molecule has 0 radical (unpaired) electrons. The summed E-state index contributed by atoms with van der Waals surface area (Å²) in [6, 6.07) is 3.27. The van der Waals surface area contributed by atoms with E-state index in [4.69, 9.17) is 10.1 Å². The van der Waals surface area contributed by atoms with Gasteiger partial charge in [-0.05, 0) is 12.1 Å². The topological polar surface area (TPSA) is 49.7 Å². The van der Waals surface area contributed by atoms with Crippen molar-refractivity contribution in [2.75, 3.05) is 0 Å². The minimum atomic E-state index is -0.548. The third kappa shape index (κ3) is 1.85. The van der Waals surface area contributed by atoms with Crippen molar-refractivity contribution in [2.45, 2.75) is 0 Å². The molecule has 2 N–H and O–H groups in total. The molecule has 11 heavy (non-hydrogen) atoms. The van der Waals surface area contributed by atoms with Crippen LogP contribution in [0.15, 0.2) is 18.2 Å². The SMILES string of the molecule is OBOc1ccc(F)cc1O. The zero-order chi connectivity index (χ0) is 8.27. The van der Waals surface area contributed by atoms with Gasteiger partial charge in [0.1, 0.15) is 11.6 Å². The summed E-state index contributed by atoms with van der Waals surface area (Å²) in [7, 11) is -0.542. The number of hydrogen-bond acceptors (Lipinski definition) is 3. The van der Waals surface area contributed by atoms with Crippen LogP contribution in [0, 0.1) is 5.82 Å². The van der Waals surface area contributed by atoms with E-state index in [1.165, 1.54) is 6.07 Å². The molecule has 0 aliphatic heterocycles. The van der Waals surface area contributed by atoms with Gasteiger partial charge in [-0.25, -0.2) is 4.39 Å². The van der Waals surface area contributed by atoms with Crippen LogP contribution in [0.3, 0.4) is 0 Å². The molecule has 5 heteroatoms. The number of hydrogen-bond donors (Lipinski definition) is 2. The van der Waals surface area contributed by atoms with Gasteiger partial charge in [0.15, 0.2) is 5.75 Å². The molecule has 0 amide bonds. The molecule has 1 aromatic rings. The molecule has 0 saturated carbocycles. The molecule has 0 bridgehead atoms. The van der Waals surface area contributed by atoms with E-state index >= 15 is 0 Å². The quantitative estimate of drug-likeness (QED) is 0.600. The van der Waals surface area contributed by atoms with Gasteiger partial charge in [-0.2, -0.15) is 0 Å². The van der Waals surface area contributed by atoms with Crippen molar-refractivity contribution in [3.8, 4) is 11.5 Å². The highest BCUT2D eigenvalue weighted by molar-refractivity contribution is 6.17. The third-order valence-electron chi connectivity index (χ3n) is 1.14. The van der Waals surface area contributed by atoms with Crippen LogP contribution in [-0.2, 0) is 0 Å². The van der Waals surface area contributed by atoms with Crippen LogP contribution in [0.2, 0.25) is 0 Å². The highest BCUT2D eigenvalue weighted by atomic mass is 19.1. The molecule has 0 atom stereocenters. The van der Waals surface area contributed by atoms with Crippen LogP contribution in [0.25, 0.3) is 0 Å². The summed E-state index contributed by atoms with van der Waals surface area (Å²) in [6.45, 7) is 0. The first kappa shape index (κ1) is 7.88. The van der Waals surface area contributed by atoms with Crippen molar-refractivity contribution < 1.29 is 19.2 Å². The molecule has 3 nitrogen and oxygen atoms in total. The monoisotopic (exact) mass is 156 g/mol.